The highest BCUT2D eigenvalue weighted by molar-refractivity contribution is 7.80. The molecule has 1 aliphatic carbocycles. The molecule has 1 aromatic rings. The fourth-order valence-electron chi connectivity index (χ4n) is 2.36. The molecule has 1 aliphatic rings. The van der Waals surface area contributed by atoms with E-state index in [1.54, 1.807) is 0 Å². The summed E-state index contributed by atoms with van der Waals surface area (Å²) in [6, 6.07) is 5.95. The van der Waals surface area contributed by atoms with Crippen LogP contribution in [0, 0.1) is 19.3 Å². The van der Waals surface area contributed by atoms with Crippen molar-refractivity contribution in [1.82, 2.24) is 0 Å². The van der Waals surface area contributed by atoms with Crippen molar-refractivity contribution >= 4 is 28.8 Å². The van der Waals surface area contributed by atoms with Crippen molar-refractivity contribution in [2.24, 2.45) is 11.1 Å². The highest BCUT2D eigenvalue weighted by atomic mass is 32.1. The molecule has 4 heteroatoms. The summed E-state index contributed by atoms with van der Waals surface area (Å²) < 4.78 is 0. The summed E-state index contributed by atoms with van der Waals surface area (Å²) in [5.41, 5.74) is 8.11. The molecule has 0 heterocycles. The Bertz CT molecular complexity index is 486. The van der Waals surface area contributed by atoms with Gasteiger partial charge in [-0.25, -0.2) is 0 Å². The number of benzene rings is 1. The Morgan fingerprint density at radius 3 is 2.28 bits per heavy atom. The lowest BCUT2D eigenvalue weighted by atomic mass is 9.68. The number of anilines is 1. The van der Waals surface area contributed by atoms with Gasteiger partial charge in [-0.3, -0.25) is 4.79 Å². The number of nitrogens with one attached hydrogen (secondary N) is 1. The third-order valence-corrected chi connectivity index (χ3v) is 4.22. The first kappa shape index (κ1) is 13.0. The summed E-state index contributed by atoms with van der Waals surface area (Å²) in [4.78, 5) is 12.7. The maximum Gasteiger partial charge on any atom is 0.237 e. The van der Waals surface area contributed by atoms with E-state index in [1.807, 2.05) is 32.0 Å². The molecule has 3 nitrogen and oxygen atoms in total. The number of thiocarbonyl (C=S) groups is 1. The van der Waals surface area contributed by atoms with Gasteiger partial charge < -0.3 is 11.1 Å². The highest BCUT2D eigenvalue weighted by Gasteiger charge is 2.47. The SMILES string of the molecule is Cc1cccc(C)c1NC(=O)C1(C(N)=S)CCC1. The zero-order valence-corrected chi connectivity index (χ0v) is 11.6. The van der Waals surface area contributed by atoms with Gasteiger partial charge in [0, 0.05) is 5.69 Å². The Labute approximate surface area is 113 Å². The van der Waals surface area contributed by atoms with Crippen LogP contribution >= 0.6 is 12.2 Å². The van der Waals surface area contributed by atoms with Gasteiger partial charge in [-0.15, -0.1) is 0 Å². The van der Waals surface area contributed by atoms with E-state index in [0.29, 0.717) is 4.99 Å². The molecule has 0 aliphatic heterocycles. The largest absolute Gasteiger partial charge is 0.392 e. The molecule has 1 aromatic carbocycles. The molecule has 0 spiro atoms. The molecule has 0 bridgehead atoms. The number of carbonyl (C=O) groups excluding carboxylic acids is 1. The third kappa shape index (κ3) is 2.01. The zero-order chi connectivity index (χ0) is 13.3. The molecule has 96 valence electrons. The van der Waals surface area contributed by atoms with E-state index < -0.39 is 5.41 Å². The lowest BCUT2D eigenvalue weighted by molar-refractivity contribution is -0.125. The van der Waals surface area contributed by atoms with Gasteiger partial charge in [-0.05, 0) is 37.8 Å². The van der Waals surface area contributed by atoms with Gasteiger partial charge in [0.15, 0.2) is 0 Å². The van der Waals surface area contributed by atoms with Crippen LogP contribution in [0.25, 0.3) is 0 Å². The van der Waals surface area contributed by atoms with E-state index in [-0.39, 0.29) is 5.91 Å². The summed E-state index contributed by atoms with van der Waals surface area (Å²) in [6.07, 6.45) is 2.54. The van der Waals surface area contributed by atoms with Crippen LogP contribution in [0.1, 0.15) is 30.4 Å². The number of nitrogens with two attached hydrogens (primary N) is 1. The molecular formula is C14H18N2OS. The van der Waals surface area contributed by atoms with Gasteiger partial charge in [0.05, 0.1) is 10.4 Å². The summed E-state index contributed by atoms with van der Waals surface area (Å²) in [7, 11) is 0. The Morgan fingerprint density at radius 1 is 1.33 bits per heavy atom. The minimum atomic E-state index is -0.621. The van der Waals surface area contributed by atoms with E-state index in [2.05, 4.69) is 5.32 Å². The van der Waals surface area contributed by atoms with Crippen molar-refractivity contribution in [3.63, 3.8) is 0 Å². The Morgan fingerprint density at radius 2 is 1.89 bits per heavy atom. The fraction of sp³-hybridized carbons (Fsp3) is 0.429. The van der Waals surface area contributed by atoms with E-state index in [1.165, 1.54) is 0 Å². The third-order valence-electron chi connectivity index (χ3n) is 3.83. The topological polar surface area (TPSA) is 55.1 Å². The molecule has 0 unspecified atom stereocenters. The van der Waals surface area contributed by atoms with E-state index in [9.17, 15) is 4.79 Å². The van der Waals surface area contributed by atoms with Crippen LogP contribution in [0.4, 0.5) is 5.69 Å². The second kappa shape index (κ2) is 4.69. The molecule has 1 fully saturated rings. The summed E-state index contributed by atoms with van der Waals surface area (Å²) in [5, 5.41) is 3.00. The minimum Gasteiger partial charge on any atom is -0.392 e. The van der Waals surface area contributed by atoms with Crippen LogP contribution in [0.5, 0.6) is 0 Å². The van der Waals surface area contributed by atoms with Gasteiger partial charge >= 0.3 is 0 Å². The van der Waals surface area contributed by atoms with E-state index in [0.717, 1.165) is 36.1 Å². The molecule has 0 atom stereocenters. The lowest BCUT2D eigenvalue weighted by Crippen LogP contribution is -2.50. The number of hydrogen-bond acceptors (Lipinski definition) is 2. The van der Waals surface area contributed by atoms with Crippen LogP contribution < -0.4 is 11.1 Å². The van der Waals surface area contributed by atoms with Gasteiger partial charge in [-0.1, -0.05) is 36.8 Å². The first-order chi connectivity index (χ1) is 8.47. The van der Waals surface area contributed by atoms with Gasteiger partial charge in [0.1, 0.15) is 0 Å². The van der Waals surface area contributed by atoms with Crippen molar-refractivity contribution in [3.05, 3.63) is 29.3 Å². The molecular weight excluding hydrogens is 244 g/mol. The van der Waals surface area contributed by atoms with Crippen molar-refractivity contribution < 1.29 is 4.79 Å². The summed E-state index contributed by atoms with van der Waals surface area (Å²) in [5.74, 6) is -0.0568. The van der Waals surface area contributed by atoms with Crippen LogP contribution in [-0.2, 0) is 4.79 Å². The second-order valence-corrected chi connectivity index (χ2v) is 5.46. The average molecular weight is 262 g/mol. The van der Waals surface area contributed by atoms with Gasteiger partial charge in [0.2, 0.25) is 5.91 Å². The van der Waals surface area contributed by atoms with Gasteiger partial charge in [0.25, 0.3) is 0 Å². The smallest absolute Gasteiger partial charge is 0.237 e. The fourth-order valence-corrected chi connectivity index (χ4v) is 2.66. The second-order valence-electron chi connectivity index (χ2n) is 5.02. The minimum absolute atomic E-state index is 0.0568. The normalized spacial score (nSPS) is 16.8. The molecule has 0 saturated heterocycles. The van der Waals surface area contributed by atoms with Crippen LogP contribution in [0.15, 0.2) is 18.2 Å². The molecule has 0 radical (unpaired) electrons. The van der Waals surface area contributed by atoms with Crippen molar-refractivity contribution in [2.75, 3.05) is 5.32 Å². The maximum absolute atomic E-state index is 12.4. The van der Waals surface area contributed by atoms with Crippen molar-refractivity contribution in [1.29, 1.82) is 0 Å². The lowest BCUT2D eigenvalue weighted by Gasteiger charge is -2.39. The Kier molecular flexibility index (Phi) is 3.39. The van der Waals surface area contributed by atoms with Gasteiger partial charge in [-0.2, -0.15) is 0 Å². The number of carbonyl (C=O) groups is 1. The number of rotatable bonds is 3. The average Bonchev–Trinajstić information content (AvgIpc) is 2.21. The van der Waals surface area contributed by atoms with Crippen LogP contribution in [0.3, 0.4) is 0 Å². The zero-order valence-electron chi connectivity index (χ0n) is 10.7. The quantitative estimate of drug-likeness (QED) is 0.823. The monoisotopic (exact) mass is 262 g/mol. The molecule has 0 aromatic heterocycles. The highest BCUT2D eigenvalue weighted by Crippen LogP contribution is 2.42. The maximum atomic E-state index is 12.4. The van der Waals surface area contributed by atoms with Crippen molar-refractivity contribution in [2.45, 2.75) is 33.1 Å². The Balaban J connectivity index is 2.24. The Hall–Kier alpha value is -1.42. The standard InChI is InChI=1S/C14H18N2OS/c1-9-5-3-6-10(2)11(9)16-13(17)14(12(15)18)7-4-8-14/h3,5-6H,4,7-8H2,1-2H3,(H2,15,18)(H,16,17). The molecule has 1 saturated carbocycles. The number of amides is 1. The summed E-state index contributed by atoms with van der Waals surface area (Å²) >= 11 is 5.06. The van der Waals surface area contributed by atoms with Crippen LogP contribution in [-0.4, -0.2) is 10.9 Å². The molecule has 1 amide bonds. The predicted octanol–water partition coefficient (Wildman–Crippen LogP) is 2.70. The number of para-hydroxylation sites is 1. The first-order valence-corrected chi connectivity index (χ1v) is 6.56. The van der Waals surface area contributed by atoms with E-state index in [4.69, 9.17) is 18.0 Å². The summed E-state index contributed by atoms with van der Waals surface area (Å²) in [6.45, 7) is 3.97. The molecule has 3 N–H and O–H groups in total. The predicted molar refractivity (Wildman–Crippen MR) is 77.6 cm³/mol. The van der Waals surface area contributed by atoms with Crippen molar-refractivity contribution in [3.8, 4) is 0 Å². The number of hydrogen-bond donors (Lipinski definition) is 2. The number of aryl methyl sites for hydroxylation is 2. The van der Waals surface area contributed by atoms with Crippen LogP contribution in [0.2, 0.25) is 0 Å². The first-order valence-electron chi connectivity index (χ1n) is 6.15. The molecule has 18 heavy (non-hydrogen) atoms. The van der Waals surface area contributed by atoms with E-state index >= 15 is 0 Å². The molecule has 2 rings (SSSR count).